The summed E-state index contributed by atoms with van der Waals surface area (Å²) >= 11 is 0. The van der Waals surface area contributed by atoms with Gasteiger partial charge in [-0.1, -0.05) is 30.3 Å². The van der Waals surface area contributed by atoms with E-state index in [2.05, 4.69) is 17.4 Å². The molecule has 1 amide bonds. The van der Waals surface area contributed by atoms with E-state index in [1.54, 1.807) is 4.90 Å². The van der Waals surface area contributed by atoms with E-state index in [1.807, 2.05) is 18.2 Å². The zero-order chi connectivity index (χ0) is 13.3. The molecule has 2 saturated heterocycles. The van der Waals surface area contributed by atoms with Crippen molar-refractivity contribution in [3.63, 3.8) is 0 Å². The normalized spacial score (nSPS) is 22.9. The summed E-state index contributed by atoms with van der Waals surface area (Å²) in [6, 6.07) is 10.1. The average molecular weight is 260 g/mol. The van der Waals surface area contributed by atoms with Crippen molar-refractivity contribution in [2.24, 2.45) is 0 Å². The minimum Gasteiger partial charge on any atom is -0.389 e. The van der Waals surface area contributed by atoms with Gasteiger partial charge in [-0.05, 0) is 31.5 Å². The van der Waals surface area contributed by atoms with Crippen molar-refractivity contribution in [2.45, 2.75) is 24.4 Å². The van der Waals surface area contributed by atoms with Crippen LogP contribution in [0.25, 0.3) is 0 Å². The first-order chi connectivity index (χ1) is 9.22. The van der Waals surface area contributed by atoms with Crippen LogP contribution < -0.4 is 5.32 Å². The molecule has 2 aliphatic heterocycles. The predicted molar refractivity (Wildman–Crippen MR) is 72.8 cm³/mol. The van der Waals surface area contributed by atoms with Gasteiger partial charge in [-0.15, -0.1) is 0 Å². The number of carbonyl (C=O) groups excluding carboxylic acids is 1. The van der Waals surface area contributed by atoms with Gasteiger partial charge in [0.05, 0.1) is 11.5 Å². The van der Waals surface area contributed by atoms with Crippen LogP contribution in [0.15, 0.2) is 30.3 Å². The van der Waals surface area contributed by atoms with Crippen LogP contribution in [0, 0.1) is 0 Å². The number of nitrogens with zero attached hydrogens (tertiary/aromatic N) is 1. The second-order valence-corrected chi connectivity index (χ2v) is 5.56. The van der Waals surface area contributed by atoms with Gasteiger partial charge in [0.15, 0.2) is 0 Å². The highest BCUT2D eigenvalue weighted by atomic mass is 16.3. The van der Waals surface area contributed by atoms with Crippen molar-refractivity contribution < 1.29 is 9.90 Å². The van der Waals surface area contributed by atoms with Crippen LogP contribution in [-0.2, 0) is 10.2 Å². The standard InChI is InChI=1S/C15H20N2O2/c18-13-10-17(11-13)14(19)15(6-8-16-9-7-15)12-4-2-1-3-5-12/h1-5,13,16,18H,6-11H2. The van der Waals surface area contributed by atoms with Crippen LogP contribution in [0.3, 0.4) is 0 Å². The van der Waals surface area contributed by atoms with Crippen molar-refractivity contribution in [3.05, 3.63) is 35.9 Å². The smallest absolute Gasteiger partial charge is 0.233 e. The van der Waals surface area contributed by atoms with Gasteiger partial charge in [-0.25, -0.2) is 0 Å². The van der Waals surface area contributed by atoms with Gasteiger partial charge in [0.25, 0.3) is 0 Å². The molecular weight excluding hydrogens is 240 g/mol. The minimum atomic E-state index is -0.396. The van der Waals surface area contributed by atoms with Crippen molar-refractivity contribution in [3.8, 4) is 0 Å². The van der Waals surface area contributed by atoms with Gasteiger partial charge in [0.1, 0.15) is 0 Å². The third kappa shape index (κ3) is 2.15. The first kappa shape index (κ1) is 12.6. The number of nitrogens with one attached hydrogen (secondary N) is 1. The molecular formula is C15H20N2O2. The molecule has 0 unspecified atom stereocenters. The van der Waals surface area contributed by atoms with Crippen molar-refractivity contribution >= 4 is 5.91 Å². The molecule has 2 aliphatic rings. The summed E-state index contributed by atoms with van der Waals surface area (Å²) in [5, 5.41) is 12.7. The highest BCUT2D eigenvalue weighted by Crippen LogP contribution is 2.36. The van der Waals surface area contributed by atoms with Crippen LogP contribution in [-0.4, -0.2) is 48.2 Å². The lowest BCUT2D eigenvalue weighted by molar-refractivity contribution is -0.149. The first-order valence-electron chi connectivity index (χ1n) is 6.96. The molecule has 0 saturated carbocycles. The zero-order valence-electron chi connectivity index (χ0n) is 11.0. The number of piperidine rings is 1. The molecule has 3 rings (SSSR count). The second kappa shape index (κ2) is 4.94. The van der Waals surface area contributed by atoms with Gasteiger partial charge in [0, 0.05) is 13.1 Å². The molecule has 102 valence electrons. The molecule has 2 fully saturated rings. The van der Waals surface area contributed by atoms with Crippen molar-refractivity contribution in [1.82, 2.24) is 10.2 Å². The molecule has 0 aliphatic carbocycles. The van der Waals surface area contributed by atoms with Gasteiger partial charge >= 0.3 is 0 Å². The Morgan fingerprint density at radius 2 is 1.84 bits per heavy atom. The van der Waals surface area contributed by atoms with E-state index in [0.29, 0.717) is 13.1 Å². The third-order valence-electron chi connectivity index (χ3n) is 4.34. The molecule has 0 atom stereocenters. The maximum Gasteiger partial charge on any atom is 0.233 e. The van der Waals surface area contributed by atoms with Crippen LogP contribution in [0.1, 0.15) is 18.4 Å². The molecule has 19 heavy (non-hydrogen) atoms. The zero-order valence-corrected chi connectivity index (χ0v) is 11.0. The molecule has 0 bridgehead atoms. The van der Waals surface area contributed by atoms with Crippen LogP contribution >= 0.6 is 0 Å². The quantitative estimate of drug-likeness (QED) is 0.814. The average Bonchev–Trinajstić information content (AvgIpc) is 2.45. The fourth-order valence-corrected chi connectivity index (χ4v) is 3.16. The van der Waals surface area contributed by atoms with E-state index >= 15 is 0 Å². The summed E-state index contributed by atoms with van der Waals surface area (Å²) in [7, 11) is 0. The lowest BCUT2D eigenvalue weighted by Gasteiger charge is -2.45. The van der Waals surface area contributed by atoms with E-state index in [0.717, 1.165) is 31.5 Å². The summed E-state index contributed by atoms with van der Waals surface area (Å²) in [4.78, 5) is 14.6. The Kier molecular flexibility index (Phi) is 3.29. The molecule has 1 aromatic carbocycles. The number of rotatable bonds is 2. The van der Waals surface area contributed by atoms with Gasteiger partial charge < -0.3 is 15.3 Å². The number of amides is 1. The fourth-order valence-electron chi connectivity index (χ4n) is 3.16. The van der Waals surface area contributed by atoms with Gasteiger partial charge in [0.2, 0.25) is 5.91 Å². The molecule has 4 nitrogen and oxygen atoms in total. The van der Waals surface area contributed by atoms with E-state index in [9.17, 15) is 9.90 Å². The summed E-state index contributed by atoms with van der Waals surface area (Å²) in [6.45, 7) is 2.72. The Morgan fingerprint density at radius 3 is 2.42 bits per heavy atom. The Labute approximate surface area is 113 Å². The molecule has 2 N–H and O–H groups in total. The minimum absolute atomic E-state index is 0.186. The third-order valence-corrected chi connectivity index (χ3v) is 4.34. The van der Waals surface area contributed by atoms with Crippen LogP contribution in [0.4, 0.5) is 0 Å². The second-order valence-electron chi connectivity index (χ2n) is 5.56. The number of β-amino-alcohol motifs (C(OH)–C–C–N with tert-alkyl or cyclic N) is 1. The summed E-state index contributed by atoms with van der Waals surface area (Å²) in [6.07, 6.45) is 1.34. The number of aliphatic hydroxyl groups is 1. The highest BCUT2D eigenvalue weighted by molar-refractivity contribution is 5.89. The Morgan fingerprint density at radius 1 is 1.21 bits per heavy atom. The number of carbonyl (C=O) groups is 1. The number of aliphatic hydroxyl groups excluding tert-OH is 1. The van der Waals surface area contributed by atoms with Gasteiger partial charge in [-0.2, -0.15) is 0 Å². The molecule has 2 heterocycles. The number of benzene rings is 1. The molecule has 0 aromatic heterocycles. The molecule has 1 aromatic rings. The number of hydrogen-bond donors (Lipinski definition) is 2. The summed E-state index contributed by atoms with van der Waals surface area (Å²) in [5.41, 5.74) is 0.718. The maximum absolute atomic E-state index is 12.8. The number of likely N-dealkylation sites (tertiary alicyclic amines) is 1. The first-order valence-corrected chi connectivity index (χ1v) is 6.96. The van der Waals surface area contributed by atoms with E-state index < -0.39 is 5.41 Å². The number of hydrogen-bond acceptors (Lipinski definition) is 3. The molecule has 0 radical (unpaired) electrons. The maximum atomic E-state index is 12.8. The largest absolute Gasteiger partial charge is 0.389 e. The van der Waals surface area contributed by atoms with E-state index in [4.69, 9.17) is 0 Å². The van der Waals surface area contributed by atoms with E-state index in [-0.39, 0.29) is 12.0 Å². The van der Waals surface area contributed by atoms with E-state index in [1.165, 1.54) is 0 Å². The lowest BCUT2D eigenvalue weighted by atomic mass is 9.71. The van der Waals surface area contributed by atoms with Crippen LogP contribution in [0.5, 0.6) is 0 Å². The lowest BCUT2D eigenvalue weighted by Crippen LogP contribution is -2.60. The van der Waals surface area contributed by atoms with Crippen molar-refractivity contribution in [2.75, 3.05) is 26.2 Å². The highest BCUT2D eigenvalue weighted by Gasteiger charge is 2.46. The Bertz CT molecular complexity index is 448. The molecule has 0 spiro atoms. The SMILES string of the molecule is O=C(N1CC(O)C1)C1(c2ccccc2)CCNCC1. The summed E-state index contributed by atoms with van der Waals surface area (Å²) in [5.74, 6) is 0.186. The fraction of sp³-hybridized carbons (Fsp3) is 0.533. The Balaban J connectivity index is 1.90. The molecule has 4 heteroatoms. The van der Waals surface area contributed by atoms with Crippen LogP contribution in [0.2, 0.25) is 0 Å². The van der Waals surface area contributed by atoms with Crippen molar-refractivity contribution in [1.29, 1.82) is 0 Å². The van der Waals surface area contributed by atoms with Gasteiger partial charge in [-0.3, -0.25) is 4.79 Å². The Hall–Kier alpha value is -1.39. The predicted octanol–water partition coefficient (Wildman–Crippen LogP) is 0.511. The topological polar surface area (TPSA) is 52.6 Å². The summed E-state index contributed by atoms with van der Waals surface area (Å²) < 4.78 is 0. The monoisotopic (exact) mass is 260 g/mol.